The van der Waals surface area contributed by atoms with Crippen LogP contribution in [0.5, 0.6) is 11.5 Å². The molecule has 31 heavy (non-hydrogen) atoms. The third-order valence-corrected chi connectivity index (χ3v) is 4.41. The summed E-state index contributed by atoms with van der Waals surface area (Å²) in [5.74, 6) is 1.09. The molecule has 2 aromatic heterocycles. The van der Waals surface area contributed by atoms with Crippen molar-refractivity contribution in [3.8, 4) is 11.5 Å². The summed E-state index contributed by atoms with van der Waals surface area (Å²) in [5, 5.41) is 11.2. The molecule has 0 radical (unpaired) electrons. The summed E-state index contributed by atoms with van der Waals surface area (Å²) in [6.45, 7) is 0.548. The van der Waals surface area contributed by atoms with Crippen LogP contribution in [0.3, 0.4) is 0 Å². The zero-order chi connectivity index (χ0) is 21.6. The Morgan fingerprint density at radius 1 is 1.00 bits per heavy atom. The molecule has 158 valence electrons. The van der Waals surface area contributed by atoms with Crippen LogP contribution in [0.25, 0.3) is 0 Å². The molecule has 9 heteroatoms. The van der Waals surface area contributed by atoms with E-state index in [1.807, 2.05) is 6.07 Å². The summed E-state index contributed by atoms with van der Waals surface area (Å²) in [5.41, 5.74) is 1.01. The molecule has 2 heterocycles. The number of aromatic nitrogens is 4. The van der Waals surface area contributed by atoms with E-state index >= 15 is 0 Å². The number of carbonyl (C=O) groups excluding carboxylic acids is 1. The molecule has 4 rings (SSSR count). The number of benzene rings is 2. The predicted molar refractivity (Wildman–Crippen MR) is 112 cm³/mol. The van der Waals surface area contributed by atoms with Gasteiger partial charge in [0.15, 0.2) is 18.2 Å². The van der Waals surface area contributed by atoms with Crippen molar-refractivity contribution in [3.05, 3.63) is 90.1 Å². The molecule has 1 N–H and O–H groups in total. The standard InChI is InChI=1S/C22H20FN5O3/c1-30-18-5-7-19(8-6-18)31-15-28-11-9-20(25-28)22(29)24-21-10-12-27(26-21)14-16-3-2-4-17(23)13-16/h2-13H,14-15H2,1H3,(H,24,26,29). The van der Waals surface area contributed by atoms with E-state index in [4.69, 9.17) is 9.47 Å². The fraction of sp³-hybridized carbons (Fsp3) is 0.136. The van der Waals surface area contributed by atoms with Gasteiger partial charge in [-0.05, 0) is 48.0 Å². The molecule has 0 spiro atoms. The molecule has 0 saturated carbocycles. The number of hydrogen-bond donors (Lipinski definition) is 1. The molecular formula is C22H20FN5O3. The van der Waals surface area contributed by atoms with Gasteiger partial charge in [0.25, 0.3) is 5.91 Å². The number of halogens is 1. The highest BCUT2D eigenvalue weighted by molar-refractivity contribution is 6.02. The topological polar surface area (TPSA) is 83.2 Å². The summed E-state index contributed by atoms with van der Waals surface area (Å²) in [6, 6.07) is 16.7. The zero-order valence-electron chi connectivity index (χ0n) is 16.7. The Morgan fingerprint density at radius 2 is 1.77 bits per heavy atom. The van der Waals surface area contributed by atoms with E-state index in [0.29, 0.717) is 18.1 Å². The van der Waals surface area contributed by atoms with E-state index in [9.17, 15) is 9.18 Å². The van der Waals surface area contributed by atoms with Gasteiger partial charge in [-0.25, -0.2) is 9.07 Å². The predicted octanol–water partition coefficient (Wildman–Crippen LogP) is 3.56. The van der Waals surface area contributed by atoms with Crippen molar-refractivity contribution in [3.63, 3.8) is 0 Å². The fourth-order valence-corrected chi connectivity index (χ4v) is 2.89. The second-order valence-electron chi connectivity index (χ2n) is 6.67. The maximum atomic E-state index is 13.3. The fourth-order valence-electron chi connectivity index (χ4n) is 2.89. The number of rotatable bonds is 8. The third kappa shape index (κ3) is 5.27. The lowest BCUT2D eigenvalue weighted by atomic mass is 10.2. The summed E-state index contributed by atoms with van der Waals surface area (Å²) in [6.07, 6.45) is 3.36. The van der Waals surface area contributed by atoms with Crippen molar-refractivity contribution in [1.82, 2.24) is 19.6 Å². The maximum absolute atomic E-state index is 13.3. The number of anilines is 1. The van der Waals surface area contributed by atoms with Gasteiger partial charge in [-0.3, -0.25) is 9.48 Å². The highest BCUT2D eigenvalue weighted by atomic mass is 19.1. The Bertz CT molecular complexity index is 1170. The number of nitrogens with zero attached hydrogens (tertiary/aromatic N) is 4. The Morgan fingerprint density at radius 3 is 2.55 bits per heavy atom. The number of hydrogen-bond acceptors (Lipinski definition) is 5. The van der Waals surface area contributed by atoms with E-state index in [0.717, 1.165) is 11.3 Å². The van der Waals surface area contributed by atoms with Crippen LogP contribution >= 0.6 is 0 Å². The van der Waals surface area contributed by atoms with Crippen molar-refractivity contribution < 1.29 is 18.7 Å². The van der Waals surface area contributed by atoms with Crippen LogP contribution in [0.4, 0.5) is 10.2 Å². The normalized spacial score (nSPS) is 10.6. The van der Waals surface area contributed by atoms with Crippen LogP contribution in [0.2, 0.25) is 0 Å². The average molecular weight is 421 g/mol. The van der Waals surface area contributed by atoms with Crippen molar-refractivity contribution in [1.29, 1.82) is 0 Å². The van der Waals surface area contributed by atoms with Gasteiger partial charge in [-0.15, -0.1) is 0 Å². The van der Waals surface area contributed by atoms with Gasteiger partial charge in [-0.1, -0.05) is 12.1 Å². The van der Waals surface area contributed by atoms with Crippen LogP contribution in [0.1, 0.15) is 16.1 Å². The number of nitrogens with one attached hydrogen (secondary N) is 1. The first kappa shape index (κ1) is 20.1. The molecule has 1 amide bonds. The van der Waals surface area contributed by atoms with Crippen molar-refractivity contribution >= 4 is 11.7 Å². The molecule has 0 atom stereocenters. The van der Waals surface area contributed by atoms with E-state index < -0.39 is 0 Å². The average Bonchev–Trinajstić information content (AvgIpc) is 3.42. The summed E-state index contributed by atoms with van der Waals surface area (Å²) < 4.78 is 27.2. The first-order valence-corrected chi connectivity index (χ1v) is 9.48. The van der Waals surface area contributed by atoms with Crippen molar-refractivity contribution in [2.24, 2.45) is 0 Å². The number of methoxy groups -OCH3 is 1. The minimum Gasteiger partial charge on any atom is -0.497 e. The molecule has 0 aliphatic heterocycles. The molecule has 2 aromatic carbocycles. The Balaban J connectivity index is 1.32. The van der Waals surface area contributed by atoms with Crippen LogP contribution in [0, 0.1) is 5.82 Å². The molecule has 0 unspecified atom stereocenters. The van der Waals surface area contributed by atoms with Crippen LogP contribution in [-0.2, 0) is 13.3 Å². The zero-order valence-corrected chi connectivity index (χ0v) is 16.7. The molecule has 0 saturated heterocycles. The third-order valence-electron chi connectivity index (χ3n) is 4.41. The van der Waals surface area contributed by atoms with Crippen LogP contribution < -0.4 is 14.8 Å². The van der Waals surface area contributed by atoms with E-state index in [-0.39, 0.29) is 24.1 Å². The van der Waals surface area contributed by atoms with E-state index in [1.165, 1.54) is 16.8 Å². The first-order chi connectivity index (χ1) is 15.1. The van der Waals surface area contributed by atoms with Gasteiger partial charge in [0.1, 0.15) is 17.3 Å². The van der Waals surface area contributed by atoms with Gasteiger partial charge in [-0.2, -0.15) is 10.2 Å². The maximum Gasteiger partial charge on any atom is 0.277 e. The molecular weight excluding hydrogens is 401 g/mol. The first-order valence-electron chi connectivity index (χ1n) is 9.48. The van der Waals surface area contributed by atoms with Gasteiger partial charge in [0, 0.05) is 18.5 Å². The second-order valence-corrected chi connectivity index (χ2v) is 6.67. The SMILES string of the molecule is COc1ccc(OCn2ccc(C(=O)Nc3ccn(Cc4cccc(F)c4)n3)n2)cc1. The molecule has 0 bridgehead atoms. The lowest BCUT2D eigenvalue weighted by Gasteiger charge is -2.07. The monoisotopic (exact) mass is 421 g/mol. The second kappa shape index (κ2) is 9.12. The summed E-state index contributed by atoms with van der Waals surface area (Å²) in [7, 11) is 1.60. The lowest BCUT2D eigenvalue weighted by Crippen LogP contribution is -2.15. The quantitative estimate of drug-likeness (QED) is 0.470. The van der Waals surface area contributed by atoms with Gasteiger partial charge in [0.2, 0.25) is 0 Å². The molecule has 4 aromatic rings. The van der Waals surface area contributed by atoms with Crippen LogP contribution in [0.15, 0.2) is 73.1 Å². The Kier molecular flexibility index (Phi) is 5.93. The summed E-state index contributed by atoms with van der Waals surface area (Å²) in [4.78, 5) is 12.4. The van der Waals surface area contributed by atoms with E-state index in [2.05, 4.69) is 15.5 Å². The van der Waals surface area contributed by atoms with Crippen molar-refractivity contribution in [2.45, 2.75) is 13.3 Å². The van der Waals surface area contributed by atoms with Crippen LogP contribution in [-0.4, -0.2) is 32.6 Å². The smallest absolute Gasteiger partial charge is 0.277 e. The number of amides is 1. The van der Waals surface area contributed by atoms with E-state index in [1.54, 1.807) is 66.6 Å². The Hall–Kier alpha value is -4.14. The minimum atomic E-state index is -0.390. The highest BCUT2D eigenvalue weighted by Gasteiger charge is 2.12. The van der Waals surface area contributed by atoms with Gasteiger partial charge in [0.05, 0.1) is 13.7 Å². The van der Waals surface area contributed by atoms with Gasteiger partial charge >= 0.3 is 0 Å². The summed E-state index contributed by atoms with van der Waals surface area (Å²) >= 11 is 0. The number of ether oxygens (including phenoxy) is 2. The lowest BCUT2D eigenvalue weighted by molar-refractivity contribution is 0.101. The minimum absolute atomic E-state index is 0.155. The van der Waals surface area contributed by atoms with Gasteiger partial charge < -0.3 is 14.8 Å². The molecule has 0 fully saturated rings. The molecule has 8 nitrogen and oxygen atoms in total. The molecule has 0 aliphatic rings. The highest BCUT2D eigenvalue weighted by Crippen LogP contribution is 2.17. The Labute approximate surface area is 177 Å². The molecule has 0 aliphatic carbocycles. The largest absolute Gasteiger partial charge is 0.497 e. The van der Waals surface area contributed by atoms with Crippen molar-refractivity contribution in [2.75, 3.05) is 12.4 Å². The number of carbonyl (C=O) groups is 1.